The lowest BCUT2D eigenvalue weighted by Gasteiger charge is -2.37. The van der Waals surface area contributed by atoms with Crippen LogP contribution in [0.15, 0.2) is 30.3 Å². The molecule has 0 spiro atoms. The Morgan fingerprint density at radius 2 is 2.05 bits per heavy atom. The van der Waals surface area contributed by atoms with Crippen molar-refractivity contribution in [2.75, 3.05) is 20.2 Å². The maximum Gasteiger partial charge on any atom is 0.251 e. The lowest BCUT2D eigenvalue weighted by Crippen LogP contribution is -2.52. The van der Waals surface area contributed by atoms with Crippen LogP contribution in [0.2, 0.25) is 0 Å². The van der Waals surface area contributed by atoms with E-state index in [2.05, 4.69) is 5.32 Å². The fourth-order valence-corrected chi connectivity index (χ4v) is 2.74. The smallest absolute Gasteiger partial charge is 0.251 e. The highest BCUT2D eigenvalue weighted by Gasteiger charge is 2.29. The lowest BCUT2D eigenvalue weighted by atomic mass is 10.0. The van der Waals surface area contributed by atoms with Crippen LogP contribution in [0.5, 0.6) is 0 Å². The molecule has 1 saturated heterocycles. The molecule has 0 unspecified atom stereocenters. The molecule has 1 heterocycles. The number of carbonyl (C=O) groups is 2. The average Bonchev–Trinajstić information content (AvgIpc) is 2.59. The molecular weight excluding hydrogens is 280 g/mol. The first kappa shape index (κ1) is 16.5. The number of methoxy groups -OCH3 is 1. The molecule has 1 aromatic carbocycles. The number of hydrogen-bond donors (Lipinski definition) is 1. The number of nitrogens with one attached hydrogen (secondary N) is 1. The topological polar surface area (TPSA) is 58.6 Å². The molecule has 0 aliphatic carbocycles. The fourth-order valence-electron chi connectivity index (χ4n) is 2.74. The summed E-state index contributed by atoms with van der Waals surface area (Å²) in [5, 5.41) is 2.94. The number of likely N-dealkylation sites (tertiary alicyclic amines) is 1. The third-order valence-corrected chi connectivity index (χ3v) is 4.15. The number of rotatable bonds is 5. The molecule has 2 rings (SSSR count). The van der Waals surface area contributed by atoms with E-state index >= 15 is 0 Å². The third kappa shape index (κ3) is 4.07. The van der Waals surface area contributed by atoms with Crippen molar-refractivity contribution >= 4 is 11.8 Å². The molecule has 1 N–H and O–H groups in total. The van der Waals surface area contributed by atoms with Crippen molar-refractivity contribution in [3.05, 3.63) is 35.9 Å². The summed E-state index contributed by atoms with van der Waals surface area (Å²) in [6.07, 6.45) is 2.56. The van der Waals surface area contributed by atoms with Gasteiger partial charge in [0.05, 0.1) is 0 Å². The van der Waals surface area contributed by atoms with Gasteiger partial charge in [0, 0.05) is 31.8 Å². The first-order valence-corrected chi connectivity index (χ1v) is 7.80. The van der Waals surface area contributed by atoms with Crippen molar-refractivity contribution in [2.45, 2.75) is 38.3 Å². The van der Waals surface area contributed by atoms with Gasteiger partial charge >= 0.3 is 0 Å². The summed E-state index contributed by atoms with van der Waals surface area (Å²) in [6, 6.07) is 9.17. The molecule has 1 aromatic rings. The first-order chi connectivity index (χ1) is 10.6. The van der Waals surface area contributed by atoms with Crippen LogP contribution in [-0.4, -0.2) is 49.1 Å². The van der Waals surface area contributed by atoms with Gasteiger partial charge in [-0.25, -0.2) is 0 Å². The first-order valence-electron chi connectivity index (χ1n) is 7.80. The molecule has 1 aliphatic rings. The lowest BCUT2D eigenvalue weighted by molar-refractivity contribution is -0.144. The Labute approximate surface area is 131 Å². The third-order valence-electron chi connectivity index (χ3n) is 4.15. The van der Waals surface area contributed by atoms with Crippen LogP contribution in [-0.2, 0) is 9.53 Å². The summed E-state index contributed by atoms with van der Waals surface area (Å²) in [5.74, 6) is -0.0977. The standard InChI is InChI=1S/C17H24N2O3/c1-13(22-2)17(21)19-11-7-6-10-15(19)12-18-16(20)14-8-4-3-5-9-14/h3-5,8-9,13,15H,6-7,10-12H2,1-2H3,(H,18,20)/t13-,15-/m0/s1. The Morgan fingerprint density at radius 1 is 1.32 bits per heavy atom. The van der Waals surface area contributed by atoms with Gasteiger partial charge in [-0.3, -0.25) is 9.59 Å². The van der Waals surface area contributed by atoms with Crippen LogP contribution in [0.3, 0.4) is 0 Å². The molecular formula is C17H24N2O3. The number of carbonyl (C=O) groups excluding carboxylic acids is 2. The largest absolute Gasteiger partial charge is 0.372 e. The molecule has 1 fully saturated rings. The Hall–Kier alpha value is -1.88. The molecule has 22 heavy (non-hydrogen) atoms. The van der Waals surface area contributed by atoms with Crippen molar-refractivity contribution in [1.29, 1.82) is 0 Å². The molecule has 1 aliphatic heterocycles. The molecule has 0 saturated carbocycles. The summed E-state index contributed by atoms with van der Waals surface area (Å²) in [4.78, 5) is 26.3. The molecule has 0 radical (unpaired) electrons. The van der Waals surface area contributed by atoms with E-state index in [-0.39, 0.29) is 17.9 Å². The highest BCUT2D eigenvalue weighted by Crippen LogP contribution is 2.18. The number of ether oxygens (including phenoxy) is 1. The summed E-state index contributed by atoms with van der Waals surface area (Å²) in [6.45, 7) is 2.98. The molecule has 2 amide bonds. The van der Waals surface area contributed by atoms with Crippen molar-refractivity contribution in [3.63, 3.8) is 0 Å². The van der Waals surface area contributed by atoms with Gasteiger partial charge in [0.25, 0.3) is 11.8 Å². The van der Waals surface area contributed by atoms with E-state index < -0.39 is 6.10 Å². The van der Waals surface area contributed by atoms with Crippen LogP contribution < -0.4 is 5.32 Å². The van der Waals surface area contributed by atoms with Gasteiger partial charge in [0.2, 0.25) is 0 Å². The number of benzene rings is 1. The second-order valence-electron chi connectivity index (χ2n) is 5.64. The van der Waals surface area contributed by atoms with Crippen molar-refractivity contribution in [1.82, 2.24) is 10.2 Å². The monoisotopic (exact) mass is 304 g/mol. The maximum absolute atomic E-state index is 12.3. The van der Waals surface area contributed by atoms with Gasteiger partial charge in [-0.15, -0.1) is 0 Å². The second-order valence-corrected chi connectivity index (χ2v) is 5.64. The maximum atomic E-state index is 12.3. The predicted molar refractivity (Wildman–Crippen MR) is 84.6 cm³/mol. The zero-order valence-electron chi connectivity index (χ0n) is 13.2. The van der Waals surface area contributed by atoms with E-state index in [1.165, 1.54) is 0 Å². The second kappa shape index (κ2) is 7.94. The van der Waals surface area contributed by atoms with E-state index in [9.17, 15) is 9.59 Å². The average molecular weight is 304 g/mol. The van der Waals surface area contributed by atoms with E-state index in [0.29, 0.717) is 12.1 Å². The van der Waals surface area contributed by atoms with E-state index in [1.807, 2.05) is 23.1 Å². The Morgan fingerprint density at radius 3 is 2.73 bits per heavy atom. The Balaban J connectivity index is 1.94. The Bertz CT molecular complexity index is 504. The number of hydrogen-bond acceptors (Lipinski definition) is 3. The van der Waals surface area contributed by atoms with Crippen LogP contribution >= 0.6 is 0 Å². The van der Waals surface area contributed by atoms with Crippen LogP contribution in [0.1, 0.15) is 36.5 Å². The zero-order chi connectivity index (χ0) is 15.9. The van der Waals surface area contributed by atoms with Gasteiger partial charge in [0.15, 0.2) is 0 Å². The van der Waals surface area contributed by atoms with Gasteiger partial charge in [-0.1, -0.05) is 18.2 Å². The van der Waals surface area contributed by atoms with Crippen molar-refractivity contribution in [3.8, 4) is 0 Å². The molecule has 120 valence electrons. The van der Waals surface area contributed by atoms with Gasteiger partial charge in [-0.2, -0.15) is 0 Å². The number of amides is 2. The highest BCUT2D eigenvalue weighted by molar-refractivity contribution is 5.94. The minimum absolute atomic E-state index is 0.00107. The minimum atomic E-state index is -0.439. The Kier molecular flexibility index (Phi) is 5.95. The van der Waals surface area contributed by atoms with Crippen molar-refractivity contribution < 1.29 is 14.3 Å². The molecule has 5 nitrogen and oxygen atoms in total. The van der Waals surface area contributed by atoms with Crippen LogP contribution in [0.25, 0.3) is 0 Å². The normalized spacial score (nSPS) is 19.5. The van der Waals surface area contributed by atoms with Gasteiger partial charge in [0.1, 0.15) is 6.10 Å². The molecule has 2 atom stereocenters. The summed E-state index contributed by atoms with van der Waals surface area (Å²) in [7, 11) is 1.54. The van der Waals surface area contributed by atoms with E-state index in [4.69, 9.17) is 4.74 Å². The zero-order valence-corrected chi connectivity index (χ0v) is 13.2. The summed E-state index contributed by atoms with van der Waals surface area (Å²) in [5.41, 5.74) is 0.640. The van der Waals surface area contributed by atoms with Gasteiger partial charge < -0.3 is 15.0 Å². The van der Waals surface area contributed by atoms with E-state index in [0.717, 1.165) is 25.8 Å². The minimum Gasteiger partial charge on any atom is -0.372 e. The quantitative estimate of drug-likeness (QED) is 0.903. The fraction of sp³-hybridized carbons (Fsp3) is 0.529. The van der Waals surface area contributed by atoms with Crippen molar-refractivity contribution in [2.24, 2.45) is 0 Å². The van der Waals surface area contributed by atoms with E-state index in [1.54, 1.807) is 26.2 Å². The van der Waals surface area contributed by atoms with Gasteiger partial charge in [-0.05, 0) is 38.3 Å². The summed E-state index contributed by atoms with van der Waals surface area (Å²) >= 11 is 0. The molecule has 5 heteroatoms. The van der Waals surface area contributed by atoms with Crippen LogP contribution in [0.4, 0.5) is 0 Å². The molecule has 0 aromatic heterocycles. The summed E-state index contributed by atoms with van der Waals surface area (Å²) < 4.78 is 5.13. The predicted octanol–water partition coefficient (Wildman–Crippen LogP) is 1.83. The van der Waals surface area contributed by atoms with Crippen LogP contribution in [0, 0.1) is 0 Å². The highest BCUT2D eigenvalue weighted by atomic mass is 16.5. The molecule has 0 bridgehead atoms. The number of nitrogens with zero attached hydrogens (tertiary/aromatic N) is 1. The number of piperidine rings is 1. The SMILES string of the molecule is CO[C@@H](C)C(=O)N1CCCC[C@H]1CNC(=O)c1ccccc1.